The Labute approximate surface area is 125 Å². The maximum atomic E-state index is 12.4. The number of rotatable bonds is 4. The molecule has 0 unspecified atom stereocenters. The number of nitrogens with zero attached hydrogens (tertiary/aromatic N) is 1. The van der Waals surface area contributed by atoms with Gasteiger partial charge in [0, 0.05) is 5.69 Å². The summed E-state index contributed by atoms with van der Waals surface area (Å²) in [7, 11) is 1.64. The van der Waals surface area contributed by atoms with Crippen LogP contribution in [0.4, 0.5) is 5.69 Å². The molecule has 1 aliphatic heterocycles. The van der Waals surface area contributed by atoms with Crippen molar-refractivity contribution in [3.8, 4) is 5.75 Å². The molecule has 0 N–H and O–H groups in total. The minimum atomic E-state index is 0.0782. The van der Waals surface area contributed by atoms with Crippen LogP contribution in [0.2, 0.25) is 0 Å². The molecule has 3 rings (SSSR count). The van der Waals surface area contributed by atoms with Crippen molar-refractivity contribution >= 4 is 11.6 Å². The van der Waals surface area contributed by atoms with Crippen LogP contribution in [0, 0.1) is 5.92 Å². The molecule has 2 atom stereocenters. The Morgan fingerprint density at radius 2 is 1.71 bits per heavy atom. The normalized spacial score (nSPS) is 21.0. The van der Waals surface area contributed by atoms with Gasteiger partial charge in [-0.25, -0.2) is 0 Å². The van der Waals surface area contributed by atoms with Gasteiger partial charge in [-0.15, -0.1) is 0 Å². The summed E-state index contributed by atoms with van der Waals surface area (Å²) in [6.07, 6.45) is 0.866. The Morgan fingerprint density at radius 3 is 2.29 bits per heavy atom. The number of anilines is 1. The molecule has 1 fully saturated rings. The van der Waals surface area contributed by atoms with E-state index >= 15 is 0 Å². The van der Waals surface area contributed by atoms with Gasteiger partial charge in [0.2, 0.25) is 5.91 Å². The number of methoxy groups -OCH3 is 1. The van der Waals surface area contributed by atoms with Crippen LogP contribution < -0.4 is 9.64 Å². The standard InChI is InChI=1S/C18H19NO2/c1-3-16-17(13-7-5-4-6-8-13)19(18(16)20)14-9-11-15(21-2)12-10-14/h4-12,16-17H,3H2,1-2H3/t16-,17+/m0/s1. The molecular weight excluding hydrogens is 262 g/mol. The molecule has 3 heteroatoms. The average molecular weight is 281 g/mol. The van der Waals surface area contributed by atoms with Crippen LogP contribution in [-0.2, 0) is 4.79 Å². The van der Waals surface area contributed by atoms with Crippen LogP contribution in [0.5, 0.6) is 5.75 Å². The Kier molecular flexibility index (Phi) is 3.65. The molecule has 0 saturated carbocycles. The van der Waals surface area contributed by atoms with Gasteiger partial charge in [0.25, 0.3) is 0 Å². The second-order valence-electron chi connectivity index (χ2n) is 5.28. The quantitative estimate of drug-likeness (QED) is 0.798. The first kappa shape index (κ1) is 13.7. The van der Waals surface area contributed by atoms with Crippen LogP contribution in [0.25, 0.3) is 0 Å². The van der Waals surface area contributed by atoms with Crippen LogP contribution in [0.1, 0.15) is 24.9 Å². The van der Waals surface area contributed by atoms with Crippen molar-refractivity contribution in [1.29, 1.82) is 0 Å². The van der Waals surface area contributed by atoms with Crippen molar-refractivity contribution in [3.63, 3.8) is 0 Å². The summed E-state index contributed by atoms with van der Waals surface area (Å²) < 4.78 is 5.18. The van der Waals surface area contributed by atoms with Gasteiger partial charge in [-0.3, -0.25) is 4.79 Å². The fraction of sp³-hybridized carbons (Fsp3) is 0.278. The molecule has 3 nitrogen and oxygen atoms in total. The number of carbonyl (C=O) groups excluding carboxylic acids is 1. The van der Waals surface area contributed by atoms with E-state index in [-0.39, 0.29) is 17.9 Å². The van der Waals surface area contributed by atoms with E-state index in [9.17, 15) is 4.79 Å². The third kappa shape index (κ3) is 2.29. The first-order valence-electron chi connectivity index (χ1n) is 7.28. The highest BCUT2D eigenvalue weighted by atomic mass is 16.5. The van der Waals surface area contributed by atoms with Crippen molar-refractivity contribution in [2.75, 3.05) is 12.0 Å². The maximum Gasteiger partial charge on any atom is 0.233 e. The van der Waals surface area contributed by atoms with Crippen LogP contribution in [0.3, 0.4) is 0 Å². The first-order chi connectivity index (χ1) is 10.3. The third-order valence-electron chi connectivity index (χ3n) is 4.15. The van der Waals surface area contributed by atoms with Gasteiger partial charge in [0.15, 0.2) is 0 Å². The van der Waals surface area contributed by atoms with E-state index in [0.717, 1.165) is 17.9 Å². The summed E-state index contributed by atoms with van der Waals surface area (Å²) in [4.78, 5) is 14.3. The van der Waals surface area contributed by atoms with E-state index in [1.807, 2.05) is 47.4 Å². The number of ether oxygens (including phenoxy) is 1. The smallest absolute Gasteiger partial charge is 0.233 e. The molecule has 0 bridgehead atoms. The lowest BCUT2D eigenvalue weighted by Gasteiger charge is -2.47. The van der Waals surface area contributed by atoms with E-state index in [4.69, 9.17) is 4.74 Å². The number of hydrogen-bond donors (Lipinski definition) is 0. The Balaban J connectivity index is 1.94. The zero-order valence-electron chi connectivity index (χ0n) is 12.3. The monoisotopic (exact) mass is 281 g/mol. The highest BCUT2D eigenvalue weighted by Crippen LogP contribution is 2.45. The fourth-order valence-electron chi connectivity index (χ4n) is 3.01. The summed E-state index contributed by atoms with van der Waals surface area (Å²) >= 11 is 0. The highest BCUT2D eigenvalue weighted by molar-refractivity contribution is 6.03. The zero-order valence-corrected chi connectivity index (χ0v) is 12.3. The molecule has 21 heavy (non-hydrogen) atoms. The molecule has 2 aromatic carbocycles. The Bertz CT molecular complexity index is 621. The third-order valence-corrected chi connectivity index (χ3v) is 4.15. The van der Waals surface area contributed by atoms with E-state index in [1.165, 1.54) is 5.56 Å². The average Bonchev–Trinajstić information content (AvgIpc) is 2.54. The van der Waals surface area contributed by atoms with Crippen LogP contribution >= 0.6 is 0 Å². The molecule has 108 valence electrons. The first-order valence-corrected chi connectivity index (χ1v) is 7.28. The van der Waals surface area contributed by atoms with E-state index in [0.29, 0.717) is 0 Å². The summed E-state index contributed by atoms with van der Waals surface area (Å²) in [6, 6.07) is 18.0. The largest absolute Gasteiger partial charge is 0.497 e. The van der Waals surface area contributed by atoms with Crippen molar-refractivity contribution in [3.05, 3.63) is 60.2 Å². The van der Waals surface area contributed by atoms with Gasteiger partial charge < -0.3 is 9.64 Å². The molecule has 0 radical (unpaired) electrons. The number of carbonyl (C=O) groups is 1. The SMILES string of the molecule is CC[C@@H]1C(=O)N(c2ccc(OC)cc2)[C@@H]1c1ccccc1. The highest BCUT2D eigenvalue weighted by Gasteiger charge is 2.47. The van der Waals surface area contributed by atoms with Gasteiger partial charge in [-0.2, -0.15) is 0 Å². The predicted octanol–water partition coefficient (Wildman–Crippen LogP) is 3.81. The van der Waals surface area contributed by atoms with Crippen molar-refractivity contribution < 1.29 is 9.53 Å². The lowest BCUT2D eigenvalue weighted by Crippen LogP contribution is -2.55. The Hall–Kier alpha value is -2.29. The van der Waals surface area contributed by atoms with E-state index in [1.54, 1.807) is 7.11 Å². The molecule has 0 spiro atoms. The summed E-state index contributed by atoms with van der Waals surface area (Å²) in [5, 5.41) is 0. The predicted molar refractivity (Wildman–Crippen MR) is 83.4 cm³/mol. The molecule has 0 aromatic heterocycles. The van der Waals surface area contributed by atoms with Crippen molar-refractivity contribution in [2.45, 2.75) is 19.4 Å². The summed E-state index contributed by atoms with van der Waals surface area (Å²) in [5.74, 6) is 1.08. The minimum Gasteiger partial charge on any atom is -0.497 e. The van der Waals surface area contributed by atoms with Crippen LogP contribution in [-0.4, -0.2) is 13.0 Å². The van der Waals surface area contributed by atoms with E-state index in [2.05, 4.69) is 19.1 Å². The molecule has 1 amide bonds. The number of hydrogen-bond acceptors (Lipinski definition) is 2. The van der Waals surface area contributed by atoms with Crippen LogP contribution in [0.15, 0.2) is 54.6 Å². The fourth-order valence-corrected chi connectivity index (χ4v) is 3.01. The molecule has 0 aliphatic carbocycles. The second-order valence-corrected chi connectivity index (χ2v) is 5.28. The topological polar surface area (TPSA) is 29.5 Å². The molecule has 1 aliphatic rings. The van der Waals surface area contributed by atoms with Gasteiger partial charge in [0.1, 0.15) is 5.75 Å². The van der Waals surface area contributed by atoms with Gasteiger partial charge in [-0.1, -0.05) is 37.3 Å². The molecule has 1 heterocycles. The van der Waals surface area contributed by atoms with Gasteiger partial charge in [-0.05, 0) is 36.2 Å². The molecule has 1 saturated heterocycles. The maximum absolute atomic E-state index is 12.4. The van der Waals surface area contributed by atoms with Gasteiger partial charge >= 0.3 is 0 Å². The lowest BCUT2D eigenvalue weighted by atomic mass is 9.80. The molecule has 2 aromatic rings. The number of β-lactam (4-membered cyclic amide) rings is 1. The van der Waals surface area contributed by atoms with Crippen molar-refractivity contribution in [2.24, 2.45) is 5.92 Å². The van der Waals surface area contributed by atoms with Gasteiger partial charge in [0.05, 0.1) is 19.1 Å². The zero-order chi connectivity index (χ0) is 14.8. The number of benzene rings is 2. The summed E-state index contributed by atoms with van der Waals surface area (Å²) in [5.41, 5.74) is 2.12. The lowest BCUT2D eigenvalue weighted by molar-refractivity contribution is -0.130. The minimum absolute atomic E-state index is 0.0782. The summed E-state index contributed by atoms with van der Waals surface area (Å²) in [6.45, 7) is 2.07. The van der Waals surface area contributed by atoms with E-state index < -0.39 is 0 Å². The molecular formula is C18H19NO2. The second kappa shape index (κ2) is 5.60. The number of amides is 1. The Morgan fingerprint density at radius 1 is 1.05 bits per heavy atom. The van der Waals surface area contributed by atoms with Crippen molar-refractivity contribution in [1.82, 2.24) is 0 Å².